The summed E-state index contributed by atoms with van der Waals surface area (Å²) in [7, 11) is 0. The maximum absolute atomic E-state index is 6.34. The Morgan fingerprint density at radius 2 is 1.69 bits per heavy atom. The van der Waals surface area contributed by atoms with E-state index >= 15 is 0 Å². The smallest absolute Gasteiger partial charge is 0.219 e. The fourth-order valence-corrected chi connectivity index (χ4v) is 3.00. The van der Waals surface area contributed by atoms with Gasteiger partial charge in [0.05, 0.1) is 16.4 Å². The molecule has 3 aromatic rings. The molecular weight excluding hydrogens is 346 g/mol. The maximum atomic E-state index is 6.34. The van der Waals surface area contributed by atoms with Gasteiger partial charge in [-0.3, -0.25) is 0 Å². The Balaban J connectivity index is 1.54. The molecule has 4 nitrogen and oxygen atoms in total. The van der Waals surface area contributed by atoms with Gasteiger partial charge in [-0.15, -0.1) is 0 Å². The van der Waals surface area contributed by atoms with Gasteiger partial charge in [0.1, 0.15) is 12.1 Å². The summed E-state index contributed by atoms with van der Waals surface area (Å²) >= 11 is 6.34. The number of pyridine rings is 1. The molecule has 5 heteroatoms. The lowest BCUT2D eigenvalue weighted by atomic mass is 10.1. The highest BCUT2D eigenvalue weighted by atomic mass is 35.5. The van der Waals surface area contributed by atoms with Gasteiger partial charge in [0.25, 0.3) is 0 Å². The molecule has 0 unspecified atom stereocenters. The summed E-state index contributed by atoms with van der Waals surface area (Å²) in [5.74, 6) is 1.39. The van der Waals surface area contributed by atoms with Crippen molar-refractivity contribution in [3.05, 3.63) is 76.5 Å². The van der Waals surface area contributed by atoms with Crippen LogP contribution >= 0.6 is 11.6 Å². The first kappa shape index (κ1) is 18.3. The molecule has 0 aliphatic rings. The Bertz CT molecular complexity index is 848. The van der Waals surface area contributed by atoms with E-state index in [9.17, 15) is 0 Å². The Morgan fingerprint density at radius 3 is 2.38 bits per heavy atom. The van der Waals surface area contributed by atoms with Crippen molar-refractivity contribution in [2.75, 3.05) is 0 Å². The summed E-state index contributed by atoms with van der Waals surface area (Å²) < 4.78 is 5.76. The Kier molecular flexibility index (Phi) is 6.18. The average Bonchev–Trinajstić information content (AvgIpc) is 2.66. The molecule has 2 heterocycles. The minimum absolute atomic E-state index is 0.601. The molecule has 0 radical (unpaired) electrons. The van der Waals surface area contributed by atoms with Crippen LogP contribution in [0.2, 0.25) is 5.02 Å². The van der Waals surface area contributed by atoms with E-state index in [0.29, 0.717) is 10.9 Å². The average molecular weight is 368 g/mol. The van der Waals surface area contributed by atoms with Crippen molar-refractivity contribution >= 4 is 11.6 Å². The SMILES string of the molecule is CCc1ncnc(CCCc2ccc(Oc3ccc(C)cc3)nc2)c1Cl. The highest BCUT2D eigenvalue weighted by molar-refractivity contribution is 6.31. The first-order valence-corrected chi connectivity index (χ1v) is 9.21. The van der Waals surface area contributed by atoms with E-state index in [2.05, 4.69) is 27.9 Å². The van der Waals surface area contributed by atoms with Crippen LogP contribution < -0.4 is 4.74 Å². The van der Waals surface area contributed by atoms with Crippen LogP contribution in [0.15, 0.2) is 48.9 Å². The van der Waals surface area contributed by atoms with Gasteiger partial charge >= 0.3 is 0 Å². The molecule has 134 valence electrons. The molecule has 0 saturated carbocycles. The number of hydrogen-bond acceptors (Lipinski definition) is 4. The molecule has 1 aromatic carbocycles. The van der Waals surface area contributed by atoms with Crippen molar-refractivity contribution in [1.82, 2.24) is 15.0 Å². The predicted molar refractivity (Wildman–Crippen MR) is 104 cm³/mol. The number of aryl methyl sites for hydroxylation is 4. The minimum atomic E-state index is 0.601. The summed E-state index contributed by atoms with van der Waals surface area (Å²) in [6, 6.07) is 11.9. The molecule has 0 bridgehead atoms. The van der Waals surface area contributed by atoms with Crippen molar-refractivity contribution in [3.8, 4) is 11.6 Å². The summed E-state index contributed by atoms with van der Waals surface area (Å²) in [6.45, 7) is 4.10. The van der Waals surface area contributed by atoms with Crippen molar-refractivity contribution in [3.63, 3.8) is 0 Å². The van der Waals surface area contributed by atoms with Crippen molar-refractivity contribution < 1.29 is 4.74 Å². The zero-order valence-electron chi connectivity index (χ0n) is 15.1. The largest absolute Gasteiger partial charge is 0.439 e. The van der Waals surface area contributed by atoms with E-state index in [0.717, 1.165) is 42.8 Å². The lowest BCUT2D eigenvalue weighted by Gasteiger charge is -2.07. The molecule has 2 aromatic heterocycles. The molecule has 0 spiro atoms. The van der Waals surface area contributed by atoms with Gasteiger partial charge in [0.2, 0.25) is 5.88 Å². The number of ether oxygens (including phenoxy) is 1. The number of hydrogen-bond donors (Lipinski definition) is 0. The van der Waals surface area contributed by atoms with E-state index in [1.807, 2.05) is 43.5 Å². The molecular formula is C21H22ClN3O. The maximum Gasteiger partial charge on any atom is 0.219 e. The van der Waals surface area contributed by atoms with E-state index in [-0.39, 0.29) is 0 Å². The summed E-state index contributed by atoms with van der Waals surface area (Å²) in [5.41, 5.74) is 4.21. The van der Waals surface area contributed by atoms with Crippen LogP contribution in [0.1, 0.15) is 35.9 Å². The fourth-order valence-electron chi connectivity index (χ4n) is 2.68. The van der Waals surface area contributed by atoms with Gasteiger partial charge in [-0.05, 0) is 50.3 Å². The van der Waals surface area contributed by atoms with Gasteiger partial charge in [0, 0.05) is 12.3 Å². The molecule has 0 saturated heterocycles. The van der Waals surface area contributed by atoms with E-state index in [1.165, 1.54) is 11.1 Å². The highest BCUT2D eigenvalue weighted by Crippen LogP contribution is 2.21. The van der Waals surface area contributed by atoms with Crippen LogP contribution in [-0.4, -0.2) is 15.0 Å². The molecule has 0 aliphatic carbocycles. The second-order valence-electron chi connectivity index (χ2n) is 6.21. The number of benzene rings is 1. The molecule has 0 fully saturated rings. The van der Waals surface area contributed by atoms with Crippen molar-refractivity contribution in [2.45, 2.75) is 39.5 Å². The van der Waals surface area contributed by atoms with Gasteiger partial charge < -0.3 is 4.74 Å². The fraction of sp³-hybridized carbons (Fsp3) is 0.286. The summed E-state index contributed by atoms with van der Waals surface area (Å²) in [4.78, 5) is 12.9. The van der Waals surface area contributed by atoms with Crippen LogP contribution in [0, 0.1) is 6.92 Å². The first-order chi connectivity index (χ1) is 12.7. The molecule has 0 amide bonds. The van der Waals surface area contributed by atoms with Crippen LogP contribution in [-0.2, 0) is 19.3 Å². The van der Waals surface area contributed by atoms with Crippen LogP contribution in [0.5, 0.6) is 11.6 Å². The standard InChI is InChI=1S/C21H22ClN3O/c1-3-18-21(22)19(25-14-24-18)6-4-5-16-9-12-20(23-13-16)26-17-10-7-15(2)8-11-17/h7-14H,3-6H2,1-2H3. The normalized spacial score (nSPS) is 10.7. The first-order valence-electron chi connectivity index (χ1n) is 8.83. The Morgan fingerprint density at radius 1 is 0.923 bits per heavy atom. The summed E-state index contributed by atoms with van der Waals surface area (Å²) in [6.07, 6.45) is 6.98. The van der Waals surface area contributed by atoms with Gasteiger partial charge in [-0.25, -0.2) is 15.0 Å². The predicted octanol–water partition coefficient (Wildman–Crippen LogP) is 5.36. The molecule has 0 N–H and O–H groups in total. The quantitative estimate of drug-likeness (QED) is 0.563. The lowest BCUT2D eigenvalue weighted by Crippen LogP contribution is -1.99. The molecule has 26 heavy (non-hydrogen) atoms. The van der Waals surface area contributed by atoms with Gasteiger partial charge in [0.15, 0.2) is 0 Å². The van der Waals surface area contributed by atoms with Crippen LogP contribution in [0.3, 0.4) is 0 Å². The van der Waals surface area contributed by atoms with Crippen LogP contribution in [0.25, 0.3) is 0 Å². The van der Waals surface area contributed by atoms with Gasteiger partial charge in [-0.1, -0.05) is 42.3 Å². The topological polar surface area (TPSA) is 47.9 Å². The number of rotatable bonds is 7. The van der Waals surface area contributed by atoms with Crippen LogP contribution in [0.4, 0.5) is 0 Å². The highest BCUT2D eigenvalue weighted by Gasteiger charge is 2.07. The van der Waals surface area contributed by atoms with Crippen molar-refractivity contribution in [2.24, 2.45) is 0 Å². The third kappa shape index (κ3) is 4.79. The zero-order valence-corrected chi connectivity index (χ0v) is 15.8. The third-order valence-corrected chi connectivity index (χ3v) is 4.63. The second kappa shape index (κ2) is 8.77. The Labute approximate surface area is 159 Å². The van der Waals surface area contributed by atoms with Gasteiger partial charge in [-0.2, -0.15) is 0 Å². The summed E-state index contributed by atoms with van der Waals surface area (Å²) in [5, 5.41) is 0.704. The van der Waals surface area contributed by atoms with E-state index in [4.69, 9.17) is 16.3 Å². The number of halogens is 1. The molecule has 0 aliphatic heterocycles. The van der Waals surface area contributed by atoms with Crippen molar-refractivity contribution in [1.29, 1.82) is 0 Å². The van der Waals surface area contributed by atoms with E-state index < -0.39 is 0 Å². The third-order valence-electron chi connectivity index (χ3n) is 4.19. The number of aromatic nitrogens is 3. The lowest BCUT2D eigenvalue weighted by molar-refractivity contribution is 0.462. The molecule has 3 rings (SSSR count). The second-order valence-corrected chi connectivity index (χ2v) is 6.59. The van der Waals surface area contributed by atoms with E-state index in [1.54, 1.807) is 6.33 Å². The zero-order chi connectivity index (χ0) is 18.4. The monoisotopic (exact) mass is 367 g/mol. The number of nitrogens with zero attached hydrogens (tertiary/aromatic N) is 3. The minimum Gasteiger partial charge on any atom is -0.439 e. The molecule has 0 atom stereocenters. The Hall–Kier alpha value is -2.46.